The summed E-state index contributed by atoms with van der Waals surface area (Å²) in [5.74, 6) is 1.31. The fraction of sp³-hybridized carbons (Fsp3) is 0.455. The molecule has 1 saturated heterocycles. The van der Waals surface area contributed by atoms with Crippen molar-refractivity contribution in [1.29, 1.82) is 5.41 Å². The van der Waals surface area contributed by atoms with Crippen molar-refractivity contribution in [2.75, 3.05) is 18.6 Å². The van der Waals surface area contributed by atoms with E-state index in [1.807, 2.05) is 24.0 Å². The van der Waals surface area contributed by atoms with Gasteiger partial charge < -0.3 is 9.64 Å². The predicted molar refractivity (Wildman–Crippen MR) is 59.8 cm³/mol. The van der Waals surface area contributed by atoms with E-state index in [-0.39, 0.29) is 0 Å². The van der Waals surface area contributed by atoms with Crippen LogP contribution in [-0.2, 0) is 0 Å². The van der Waals surface area contributed by atoms with Crippen LogP contribution in [0.25, 0.3) is 0 Å². The van der Waals surface area contributed by atoms with Crippen molar-refractivity contribution in [1.82, 2.24) is 4.98 Å². The molecule has 0 amide bonds. The third-order valence-corrected chi connectivity index (χ3v) is 2.65. The van der Waals surface area contributed by atoms with Gasteiger partial charge in [-0.2, -0.15) is 0 Å². The van der Waals surface area contributed by atoms with E-state index in [9.17, 15) is 0 Å². The first-order valence-electron chi connectivity index (χ1n) is 5.09. The summed E-state index contributed by atoms with van der Waals surface area (Å²) in [7, 11) is 1.61. The van der Waals surface area contributed by atoms with Crippen LogP contribution in [-0.4, -0.2) is 24.5 Å². The highest BCUT2D eigenvalue weighted by molar-refractivity contribution is 5.97. The molecule has 0 unspecified atom stereocenters. The van der Waals surface area contributed by atoms with Crippen molar-refractivity contribution < 1.29 is 4.74 Å². The predicted octanol–water partition coefficient (Wildman–Crippen LogP) is 1.98. The number of nitrogens with one attached hydrogen (secondary N) is 1. The number of aromatic nitrogens is 1. The van der Waals surface area contributed by atoms with Gasteiger partial charge in [-0.1, -0.05) is 0 Å². The molecule has 15 heavy (non-hydrogen) atoms. The molecule has 0 spiro atoms. The molecule has 0 radical (unpaired) electrons. The van der Waals surface area contributed by atoms with Crippen molar-refractivity contribution in [2.45, 2.75) is 19.8 Å². The van der Waals surface area contributed by atoms with Crippen LogP contribution in [0, 0.1) is 12.3 Å². The molecule has 80 valence electrons. The number of aryl methyl sites for hydroxylation is 1. The lowest BCUT2D eigenvalue weighted by Crippen LogP contribution is -2.24. The van der Waals surface area contributed by atoms with Crippen molar-refractivity contribution in [3.63, 3.8) is 0 Å². The van der Waals surface area contributed by atoms with Crippen molar-refractivity contribution in [3.05, 3.63) is 17.8 Å². The largest absolute Gasteiger partial charge is 0.481 e. The number of anilines is 1. The summed E-state index contributed by atoms with van der Waals surface area (Å²) in [6.07, 6.45) is 1.93. The Morgan fingerprint density at radius 3 is 2.80 bits per heavy atom. The number of ether oxygens (including phenoxy) is 1. The Kier molecular flexibility index (Phi) is 2.58. The first-order valence-corrected chi connectivity index (χ1v) is 5.09. The van der Waals surface area contributed by atoms with Gasteiger partial charge in [-0.15, -0.1) is 0 Å². The molecule has 2 heterocycles. The number of methoxy groups -OCH3 is 1. The molecular formula is C11H15N3O. The van der Waals surface area contributed by atoms with Gasteiger partial charge in [0.2, 0.25) is 5.88 Å². The minimum Gasteiger partial charge on any atom is -0.481 e. The van der Waals surface area contributed by atoms with E-state index >= 15 is 0 Å². The number of rotatable bonds is 2. The molecule has 1 aliphatic heterocycles. The van der Waals surface area contributed by atoms with Crippen molar-refractivity contribution >= 4 is 11.5 Å². The molecule has 1 aromatic heterocycles. The lowest BCUT2D eigenvalue weighted by Gasteiger charge is -2.19. The second-order valence-electron chi connectivity index (χ2n) is 3.66. The standard InChI is InChI=1S/C11H15N3O/c1-8-9(5-6-11(13-8)15-2)14-7-3-4-10(14)12/h5-6,12H,3-4,7H2,1-2H3. The first kappa shape index (κ1) is 9.96. The number of amidine groups is 1. The van der Waals surface area contributed by atoms with E-state index in [4.69, 9.17) is 10.1 Å². The van der Waals surface area contributed by atoms with Crippen LogP contribution in [0.4, 0.5) is 5.69 Å². The highest BCUT2D eigenvalue weighted by Gasteiger charge is 2.20. The van der Waals surface area contributed by atoms with Crippen LogP contribution < -0.4 is 9.64 Å². The van der Waals surface area contributed by atoms with Crippen LogP contribution in [0.3, 0.4) is 0 Å². The minimum atomic E-state index is 0.627. The fourth-order valence-electron chi connectivity index (χ4n) is 1.87. The molecule has 0 saturated carbocycles. The van der Waals surface area contributed by atoms with Gasteiger partial charge in [0, 0.05) is 19.0 Å². The Morgan fingerprint density at radius 1 is 1.47 bits per heavy atom. The van der Waals surface area contributed by atoms with E-state index in [0.717, 1.165) is 30.8 Å². The molecule has 0 aliphatic carbocycles. The second-order valence-corrected chi connectivity index (χ2v) is 3.66. The summed E-state index contributed by atoms with van der Waals surface area (Å²) in [6.45, 7) is 2.87. The normalized spacial score (nSPS) is 15.9. The van der Waals surface area contributed by atoms with E-state index in [0.29, 0.717) is 11.7 Å². The number of hydrogen-bond acceptors (Lipinski definition) is 3. The molecule has 4 nitrogen and oxygen atoms in total. The fourth-order valence-corrected chi connectivity index (χ4v) is 1.87. The zero-order valence-corrected chi connectivity index (χ0v) is 9.08. The summed E-state index contributed by atoms with van der Waals surface area (Å²) in [4.78, 5) is 6.33. The average Bonchev–Trinajstić information content (AvgIpc) is 2.64. The van der Waals surface area contributed by atoms with Gasteiger partial charge in [-0.05, 0) is 19.4 Å². The molecule has 0 bridgehead atoms. The third kappa shape index (κ3) is 1.79. The highest BCUT2D eigenvalue weighted by Crippen LogP contribution is 2.25. The zero-order valence-electron chi connectivity index (χ0n) is 9.08. The molecule has 1 aliphatic rings. The smallest absolute Gasteiger partial charge is 0.213 e. The van der Waals surface area contributed by atoms with Crippen LogP contribution >= 0.6 is 0 Å². The SMILES string of the molecule is COc1ccc(N2CCCC2=N)c(C)n1. The van der Waals surface area contributed by atoms with E-state index in [1.165, 1.54) is 0 Å². The number of hydrogen-bond donors (Lipinski definition) is 1. The lowest BCUT2D eigenvalue weighted by atomic mass is 10.3. The van der Waals surface area contributed by atoms with E-state index < -0.39 is 0 Å². The summed E-state index contributed by atoms with van der Waals surface area (Å²) in [5, 5.41) is 7.81. The number of nitrogens with zero attached hydrogens (tertiary/aromatic N) is 2. The summed E-state index contributed by atoms with van der Waals surface area (Å²) in [6, 6.07) is 3.81. The molecule has 2 rings (SSSR count). The van der Waals surface area contributed by atoms with Crippen molar-refractivity contribution in [2.24, 2.45) is 0 Å². The quantitative estimate of drug-likeness (QED) is 0.803. The topological polar surface area (TPSA) is 49.2 Å². The van der Waals surface area contributed by atoms with Crippen LogP contribution in [0.1, 0.15) is 18.5 Å². The molecule has 1 fully saturated rings. The Bertz CT molecular complexity index is 389. The van der Waals surface area contributed by atoms with Crippen LogP contribution in [0.2, 0.25) is 0 Å². The molecule has 0 aromatic carbocycles. The maximum absolute atomic E-state index is 7.81. The van der Waals surface area contributed by atoms with Gasteiger partial charge in [0.05, 0.1) is 18.5 Å². The van der Waals surface area contributed by atoms with Crippen molar-refractivity contribution in [3.8, 4) is 5.88 Å². The Labute approximate surface area is 89.4 Å². The van der Waals surface area contributed by atoms with Gasteiger partial charge in [-0.25, -0.2) is 4.98 Å². The monoisotopic (exact) mass is 205 g/mol. The second kappa shape index (κ2) is 3.88. The first-order chi connectivity index (χ1) is 7.22. The minimum absolute atomic E-state index is 0.627. The maximum Gasteiger partial charge on any atom is 0.213 e. The Balaban J connectivity index is 2.32. The van der Waals surface area contributed by atoms with Crippen LogP contribution in [0.5, 0.6) is 5.88 Å². The van der Waals surface area contributed by atoms with Gasteiger partial charge in [0.25, 0.3) is 0 Å². The van der Waals surface area contributed by atoms with Crippen LogP contribution in [0.15, 0.2) is 12.1 Å². The summed E-state index contributed by atoms with van der Waals surface area (Å²) in [5.41, 5.74) is 1.94. The van der Waals surface area contributed by atoms with Gasteiger partial charge in [0.15, 0.2) is 0 Å². The average molecular weight is 205 g/mol. The molecular weight excluding hydrogens is 190 g/mol. The van der Waals surface area contributed by atoms with Gasteiger partial charge in [-0.3, -0.25) is 5.41 Å². The molecule has 0 atom stereocenters. The highest BCUT2D eigenvalue weighted by atomic mass is 16.5. The zero-order chi connectivity index (χ0) is 10.8. The molecule has 4 heteroatoms. The number of pyridine rings is 1. The van der Waals surface area contributed by atoms with Gasteiger partial charge >= 0.3 is 0 Å². The summed E-state index contributed by atoms with van der Waals surface area (Å²) < 4.78 is 5.06. The van der Waals surface area contributed by atoms with E-state index in [2.05, 4.69) is 4.98 Å². The maximum atomic E-state index is 7.81. The lowest BCUT2D eigenvalue weighted by molar-refractivity contribution is 0.397. The summed E-state index contributed by atoms with van der Waals surface area (Å²) >= 11 is 0. The van der Waals surface area contributed by atoms with E-state index in [1.54, 1.807) is 7.11 Å². The van der Waals surface area contributed by atoms with Gasteiger partial charge in [0.1, 0.15) is 5.84 Å². The Hall–Kier alpha value is -1.58. The third-order valence-electron chi connectivity index (χ3n) is 2.65. The molecule has 1 aromatic rings. The Morgan fingerprint density at radius 2 is 2.27 bits per heavy atom. The molecule has 1 N–H and O–H groups in total.